The Bertz CT molecular complexity index is 232. The summed E-state index contributed by atoms with van der Waals surface area (Å²) in [5.74, 6) is -0.496. The van der Waals surface area contributed by atoms with Gasteiger partial charge >= 0.3 is 5.97 Å². The van der Waals surface area contributed by atoms with Gasteiger partial charge < -0.3 is 9.64 Å². The second-order valence-electron chi connectivity index (χ2n) is 3.91. The molecule has 0 aromatic carbocycles. The van der Waals surface area contributed by atoms with Crippen molar-refractivity contribution in [2.45, 2.75) is 19.4 Å². The fraction of sp³-hybridized carbons (Fsp3) is 0.600. The number of carbonyl (C=O) groups excluding carboxylic acids is 2. The predicted octanol–water partition coefficient (Wildman–Crippen LogP) is 0.625. The molecule has 0 aliphatic carbocycles. The van der Waals surface area contributed by atoms with Crippen LogP contribution >= 0.6 is 0 Å². The molecule has 0 spiro atoms. The van der Waals surface area contributed by atoms with E-state index in [1.807, 2.05) is 32.8 Å². The van der Waals surface area contributed by atoms with Gasteiger partial charge in [0.25, 0.3) is 0 Å². The van der Waals surface area contributed by atoms with Crippen molar-refractivity contribution < 1.29 is 14.3 Å². The van der Waals surface area contributed by atoms with Crippen LogP contribution in [0.15, 0.2) is 12.2 Å². The van der Waals surface area contributed by atoms with Crippen molar-refractivity contribution in [1.29, 1.82) is 0 Å². The van der Waals surface area contributed by atoms with Gasteiger partial charge in [-0.3, -0.25) is 4.79 Å². The number of rotatable bonds is 5. The van der Waals surface area contributed by atoms with Crippen molar-refractivity contribution in [1.82, 2.24) is 4.90 Å². The van der Waals surface area contributed by atoms with Gasteiger partial charge in [-0.2, -0.15) is 0 Å². The Morgan fingerprint density at radius 3 is 2.43 bits per heavy atom. The molecule has 0 unspecified atom stereocenters. The van der Waals surface area contributed by atoms with Gasteiger partial charge in [0.05, 0.1) is 0 Å². The number of nitrogens with zero attached hydrogens (tertiary/aromatic N) is 1. The van der Waals surface area contributed by atoms with Gasteiger partial charge in [-0.05, 0) is 34.0 Å². The lowest BCUT2D eigenvalue weighted by Crippen LogP contribution is -2.38. The molecule has 0 rings (SSSR count). The second-order valence-corrected chi connectivity index (χ2v) is 3.91. The molecule has 4 nitrogen and oxygen atoms in total. The van der Waals surface area contributed by atoms with Gasteiger partial charge in [-0.1, -0.05) is 0 Å². The van der Waals surface area contributed by atoms with Gasteiger partial charge in [-0.15, -0.1) is 0 Å². The molecule has 0 aliphatic heterocycles. The first-order valence-corrected chi connectivity index (χ1v) is 4.37. The molecule has 0 aromatic rings. The second kappa shape index (κ2) is 5.54. The maximum Gasteiger partial charge on any atom is 0.331 e. The van der Waals surface area contributed by atoms with E-state index in [0.29, 0.717) is 12.8 Å². The number of carbonyl (C=O) groups is 2. The van der Waals surface area contributed by atoms with Gasteiger partial charge in [0.2, 0.25) is 0 Å². The lowest BCUT2D eigenvalue weighted by Gasteiger charge is -2.27. The summed E-state index contributed by atoms with van der Waals surface area (Å²) in [6, 6.07) is 0. The molecular weight excluding hydrogens is 182 g/mol. The maximum absolute atomic E-state index is 11.1. The summed E-state index contributed by atoms with van der Waals surface area (Å²) in [5.41, 5.74) is -0.548. The number of likely N-dealkylation sites (N-methyl/N-ethyl adjacent to an activating group) is 1. The van der Waals surface area contributed by atoms with Crippen molar-refractivity contribution in [2.75, 3.05) is 20.6 Å². The van der Waals surface area contributed by atoms with E-state index in [0.717, 1.165) is 12.2 Å². The van der Waals surface area contributed by atoms with Gasteiger partial charge in [0.1, 0.15) is 11.9 Å². The van der Waals surface area contributed by atoms with Crippen LogP contribution in [0.3, 0.4) is 0 Å². The van der Waals surface area contributed by atoms with Crippen LogP contribution in [0.1, 0.15) is 13.8 Å². The third-order valence-corrected chi connectivity index (χ3v) is 1.38. The maximum atomic E-state index is 11.1. The highest BCUT2D eigenvalue weighted by Gasteiger charge is 2.22. The third-order valence-electron chi connectivity index (χ3n) is 1.38. The van der Waals surface area contributed by atoms with Crippen LogP contribution in [0.25, 0.3) is 0 Å². The predicted molar refractivity (Wildman–Crippen MR) is 53.9 cm³/mol. The van der Waals surface area contributed by atoms with Crippen molar-refractivity contribution in [3.05, 3.63) is 12.2 Å². The minimum Gasteiger partial charge on any atom is -0.455 e. The number of esters is 1. The van der Waals surface area contributed by atoms with E-state index in [1.54, 1.807) is 0 Å². The van der Waals surface area contributed by atoms with E-state index in [2.05, 4.69) is 0 Å². The van der Waals surface area contributed by atoms with Crippen LogP contribution in [-0.4, -0.2) is 43.4 Å². The molecule has 14 heavy (non-hydrogen) atoms. The zero-order chi connectivity index (χ0) is 11.2. The lowest BCUT2D eigenvalue weighted by atomic mass is 10.1. The van der Waals surface area contributed by atoms with Crippen molar-refractivity contribution in [3.63, 3.8) is 0 Å². The van der Waals surface area contributed by atoms with Gasteiger partial charge in [-0.25, -0.2) is 4.79 Å². The number of hydrogen-bond acceptors (Lipinski definition) is 4. The Morgan fingerprint density at radius 2 is 2.00 bits per heavy atom. The van der Waals surface area contributed by atoms with E-state index in [9.17, 15) is 9.59 Å². The number of allylic oxidation sites excluding steroid dienone is 1. The number of ether oxygens (including phenoxy) is 1. The molecule has 4 heteroatoms. The summed E-state index contributed by atoms with van der Waals surface area (Å²) in [7, 11) is 3.80. The first-order chi connectivity index (χ1) is 6.37. The monoisotopic (exact) mass is 199 g/mol. The molecule has 0 radical (unpaired) electrons. The van der Waals surface area contributed by atoms with E-state index in [4.69, 9.17) is 4.74 Å². The molecule has 0 amide bonds. The average Bonchev–Trinajstić information content (AvgIpc) is 1.96. The number of aldehydes is 1. The molecule has 80 valence electrons. The number of hydrogen-bond donors (Lipinski definition) is 0. The van der Waals surface area contributed by atoms with Gasteiger partial charge in [0, 0.05) is 12.6 Å². The Labute approximate surface area is 84.5 Å². The molecule has 0 aliphatic rings. The summed E-state index contributed by atoms with van der Waals surface area (Å²) >= 11 is 0. The highest BCUT2D eigenvalue weighted by molar-refractivity contribution is 5.86. The zero-order valence-electron chi connectivity index (χ0n) is 9.11. The summed E-state index contributed by atoms with van der Waals surface area (Å²) in [6.45, 7) is 4.27. The van der Waals surface area contributed by atoms with Crippen LogP contribution < -0.4 is 0 Å². The highest BCUT2D eigenvalue weighted by atomic mass is 16.6. The SMILES string of the molecule is CN(C)CC(C)(C)OC(=O)/C=C/C=O. The zero-order valence-corrected chi connectivity index (χ0v) is 9.11. The Balaban J connectivity index is 4.14. The van der Waals surface area contributed by atoms with Crippen molar-refractivity contribution in [3.8, 4) is 0 Å². The summed E-state index contributed by atoms with van der Waals surface area (Å²) < 4.78 is 5.12. The smallest absolute Gasteiger partial charge is 0.331 e. The van der Waals surface area contributed by atoms with Gasteiger partial charge in [0.15, 0.2) is 0 Å². The summed E-state index contributed by atoms with van der Waals surface area (Å²) in [4.78, 5) is 23.0. The van der Waals surface area contributed by atoms with Crippen LogP contribution in [0, 0.1) is 0 Å². The molecule has 0 aromatic heterocycles. The molecule has 0 saturated heterocycles. The first kappa shape index (κ1) is 12.8. The molecular formula is C10H17NO3. The molecule has 0 heterocycles. The summed E-state index contributed by atoms with van der Waals surface area (Å²) in [5, 5.41) is 0. The fourth-order valence-corrected chi connectivity index (χ4v) is 1.22. The van der Waals surface area contributed by atoms with E-state index in [1.165, 1.54) is 0 Å². The molecule has 0 N–H and O–H groups in total. The average molecular weight is 199 g/mol. The van der Waals surface area contributed by atoms with E-state index < -0.39 is 11.6 Å². The Morgan fingerprint density at radius 1 is 1.43 bits per heavy atom. The largest absolute Gasteiger partial charge is 0.455 e. The van der Waals surface area contributed by atoms with E-state index in [-0.39, 0.29) is 0 Å². The molecule has 0 bridgehead atoms. The summed E-state index contributed by atoms with van der Waals surface area (Å²) in [6.07, 6.45) is 2.78. The topological polar surface area (TPSA) is 46.6 Å². The van der Waals surface area contributed by atoms with Crippen LogP contribution in [-0.2, 0) is 14.3 Å². The molecule has 0 fully saturated rings. The minimum atomic E-state index is -0.548. The Kier molecular flexibility index (Phi) is 5.09. The van der Waals surface area contributed by atoms with Crippen molar-refractivity contribution >= 4 is 12.3 Å². The first-order valence-electron chi connectivity index (χ1n) is 4.37. The van der Waals surface area contributed by atoms with E-state index >= 15 is 0 Å². The standard InChI is InChI=1S/C10H17NO3/c1-10(2,8-11(3)4)14-9(13)6-5-7-12/h5-7H,8H2,1-4H3/b6-5+. The lowest BCUT2D eigenvalue weighted by molar-refractivity contribution is -0.151. The van der Waals surface area contributed by atoms with Crippen molar-refractivity contribution in [2.24, 2.45) is 0 Å². The third kappa shape index (κ3) is 6.37. The fourth-order valence-electron chi connectivity index (χ4n) is 1.22. The molecule has 0 atom stereocenters. The normalized spacial score (nSPS) is 12.1. The highest BCUT2D eigenvalue weighted by Crippen LogP contribution is 2.10. The van der Waals surface area contributed by atoms with Crippen LogP contribution in [0.5, 0.6) is 0 Å². The van der Waals surface area contributed by atoms with Crippen LogP contribution in [0.4, 0.5) is 0 Å². The Hall–Kier alpha value is -1.16. The minimum absolute atomic E-state index is 0.496. The quantitative estimate of drug-likeness (QED) is 0.370. The van der Waals surface area contributed by atoms with Crippen LogP contribution in [0.2, 0.25) is 0 Å². The molecule has 0 saturated carbocycles.